The van der Waals surface area contributed by atoms with Crippen molar-refractivity contribution in [2.75, 3.05) is 19.6 Å². The van der Waals surface area contributed by atoms with E-state index in [1.54, 1.807) is 0 Å². The lowest BCUT2D eigenvalue weighted by molar-refractivity contribution is 0.0582. The van der Waals surface area contributed by atoms with Crippen LogP contribution in [0.15, 0.2) is 146 Å². The van der Waals surface area contributed by atoms with E-state index in [9.17, 15) is 14.5 Å². The van der Waals surface area contributed by atoms with Crippen molar-refractivity contribution in [2.45, 2.75) is 63.9 Å². The van der Waals surface area contributed by atoms with Crippen molar-refractivity contribution in [3.8, 4) is 0 Å². The van der Waals surface area contributed by atoms with Crippen LogP contribution in [0.2, 0.25) is 0 Å². The summed E-state index contributed by atoms with van der Waals surface area (Å²) in [7, 11) is -3.90. The first-order valence-electron chi connectivity index (χ1n) is 18.2. The number of aliphatic hydroxyl groups is 1. The molecule has 2 N–H and O–H groups in total. The highest BCUT2D eigenvalue weighted by molar-refractivity contribution is 7.53. The number of unbranched alkanes of at least 4 members (excludes halogenated alkanes) is 1. The molecule has 0 saturated heterocycles. The van der Waals surface area contributed by atoms with Gasteiger partial charge in [-0.05, 0) is 71.9 Å². The number of rotatable bonds is 22. The van der Waals surface area contributed by atoms with Gasteiger partial charge in [0.15, 0.2) is 0 Å². The molecule has 0 bridgehead atoms. The van der Waals surface area contributed by atoms with Crippen LogP contribution < -0.4 is 5.32 Å². The van der Waals surface area contributed by atoms with Crippen LogP contribution in [0.1, 0.15) is 52.6 Å². The molecule has 0 heterocycles. The number of aryl methyl sites for hydroxylation is 3. The molecule has 0 aliphatic carbocycles. The molecule has 0 spiro atoms. The van der Waals surface area contributed by atoms with E-state index >= 15 is 0 Å². The Morgan fingerprint density at radius 2 is 1.02 bits per heavy atom. The minimum Gasteiger partial charge on any atom is -0.445 e. The minimum atomic E-state index is -3.90. The molecule has 2 atom stereocenters. The SMILES string of the molecule is O=C(NC(CO)(CCc1ccc(CCCCc2ccccc2)cc1)COP(=O)(COCc1ccccc1)OCc1ccccc1)OCc1ccccc1. The molecule has 5 rings (SSSR count). The van der Waals surface area contributed by atoms with E-state index in [-0.39, 0.29) is 39.2 Å². The van der Waals surface area contributed by atoms with E-state index in [0.29, 0.717) is 6.42 Å². The molecular formula is C44H50NO7P. The summed E-state index contributed by atoms with van der Waals surface area (Å²) in [5, 5.41) is 13.7. The molecule has 5 aromatic carbocycles. The lowest BCUT2D eigenvalue weighted by Crippen LogP contribution is -2.55. The minimum absolute atomic E-state index is 0.0318. The molecule has 5 aromatic rings. The highest BCUT2D eigenvalue weighted by Gasteiger charge is 2.37. The molecule has 0 fully saturated rings. The standard InChI is InChI=1S/C44H50NO7P/c46-34-44(45-43(47)50-32-41-21-9-3-10-22-41,30-29-39-27-25-38(26-28-39)18-14-13-17-37-15-5-1-6-16-37)35-52-53(48,51-33-42-23-11-4-12-24-42)36-49-31-40-19-7-2-8-20-40/h1-12,15-16,19-28,46H,13-14,17-18,29-36H2,(H,45,47). The van der Waals surface area contributed by atoms with Gasteiger partial charge >= 0.3 is 13.7 Å². The van der Waals surface area contributed by atoms with E-state index in [0.717, 1.165) is 47.9 Å². The summed E-state index contributed by atoms with van der Waals surface area (Å²) in [6.45, 7) is -0.500. The van der Waals surface area contributed by atoms with Crippen molar-refractivity contribution in [1.82, 2.24) is 5.32 Å². The monoisotopic (exact) mass is 735 g/mol. The lowest BCUT2D eigenvalue weighted by atomic mass is 9.92. The van der Waals surface area contributed by atoms with Crippen molar-refractivity contribution < 1.29 is 33.0 Å². The number of nitrogens with one attached hydrogen (secondary N) is 1. The zero-order chi connectivity index (χ0) is 37.0. The van der Waals surface area contributed by atoms with Crippen LogP contribution in [0.3, 0.4) is 0 Å². The highest BCUT2D eigenvalue weighted by atomic mass is 31.2. The Hall–Kier alpha value is -4.56. The van der Waals surface area contributed by atoms with Crippen LogP contribution in [0.5, 0.6) is 0 Å². The number of amides is 1. The van der Waals surface area contributed by atoms with Crippen LogP contribution >= 0.6 is 7.60 Å². The van der Waals surface area contributed by atoms with Crippen molar-refractivity contribution in [3.63, 3.8) is 0 Å². The normalized spacial score (nSPS) is 13.5. The Bertz CT molecular complexity index is 1810. The van der Waals surface area contributed by atoms with Gasteiger partial charge in [0.05, 0.1) is 32.0 Å². The van der Waals surface area contributed by atoms with Crippen LogP contribution in [0.25, 0.3) is 0 Å². The smallest absolute Gasteiger partial charge is 0.408 e. The topological polar surface area (TPSA) is 103 Å². The second-order valence-electron chi connectivity index (χ2n) is 13.2. The third-order valence-corrected chi connectivity index (χ3v) is 10.5. The van der Waals surface area contributed by atoms with Gasteiger partial charge in [0, 0.05) is 0 Å². The van der Waals surface area contributed by atoms with Gasteiger partial charge in [0.25, 0.3) is 0 Å². The largest absolute Gasteiger partial charge is 0.445 e. The predicted octanol–water partition coefficient (Wildman–Crippen LogP) is 9.44. The highest BCUT2D eigenvalue weighted by Crippen LogP contribution is 2.50. The summed E-state index contributed by atoms with van der Waals surface area (Å²) in [6.07, 6.45) is 4.01. The van der Waals surface area contributed by atoms with Crippen LogP contribution in [-0.2, 0) is 62.2 Å². The zero-order valence-electron chi connectivity index (χ0n) is 30.2. The molecule has 2 unspecified atom stereocenters. The summed E-state index contributed by atoms with van der Waals surface area (Å²) in [5.41, 5.74) is 4.86. The zero-order valence-corrected chi connectivity index (χ0v) is 31.1. The molecule has 8 nitrogen and oxygen atoms in total. The number of aliphatic hydroxyl groups excluding tert-OH is 1. The van der Waals surface area contributed by atoms with E-state index < -0.39 is 25.8 Å². The second kappa shape index (κ2) is 21.2. The van der Waals surface area contributed by atoms with Gasteiger partial charge in [-0.3, -0.25) is 4.57 Å². The molecule has 1 amide bonds. The molecule has 0 radical (unpaired) electrons. The van der Waals surface area contributed by atoms with Gasteiger partial charge in [0.2, 0.25) is 0 Å². The van der Waals surface area contributed by atoms with E-state index in [1.807, 2.05) is 97.1 Å². The fourth-order valence-electron chi connectivity index (χ4n) is 5.80. The molecule has 0 saturated carbocycles. The number of ether oxygens (including phenoxy) is 2. The van der Waals surface area contributed by atoms with Crippen molar-refractivity contribution in [2.24, 2.45) is 0 Å². The first-order valence-corrected chi connectivity index (χ1v) is 19.9. The van der Waals surface area contributed by atoms with E-state index in [2.05, 4.69) is 53.8 Å². The molecule has 0 aliphatic heterocycles. The van der Waals surface area contributed by atoms with Gasteiger partial charge in [-0.2, -0.15) is 0 Å². The third-order valence-electron chi connectivity index (χ3n) is 8.99. The van der Waals surface area contributed by atoms with Gasteiger partial charge in [-0.25, -0.2) is 4.79 Å². The molecule has 0 aromatic heterocycles. The second-order valence-corrected chi connectivity index (χ2v) is 15.2. The fourth-order valence-corrected chi connectivity index (χ4v) is 7.13. The van der Waals surface area contributed by atoms with Crippen LogP contribution in [-0.4, -0.2) is 36.3 Å². The number of hydrogen-bond acceptors (Lipinski definition) is 7. The molecule has 53 heavy (non-hydrogen) atoms. The first-order chi connectivity index (χ1) is 25.9. The molecular weight excluding hydrogens is 685 g/mol. The molecule has 278 valence electrons. The summed E-state index contributed by atoms with van der Waals surface area (Å²) in [4.78, 5) is 13.2. The van der Waals surface area contributed by atoms with Crippen LogP contribution in [0.4, 0.5) is 4.79 Å². The van der Waals surface area contributed by atoms with E-state index in [4.69, 9.17) is 18.5 Å². The van der Waals surface area contributed by atoms with Gasteiger partial charge in [-0.1, -0.05) is 146 Å². The summed E-state index contributed by atoms with van der Waals surface area (Å²) < 4.78 is 37.6. The summed E-state index contributed by atoms with van der Waals surface area (Å²) in [5.74, 6) is 0. The Morgan fingerprint density at radius 1 is 0.566 bits per heavy atom. The molecule has 9 heteroatoms. The maximum atomic E-state index is 14.2. The van der Waals surface area contributed by atoms with Crippen molar-refractivity contribution >= 4 is 13.7 Å². The van der Waals surface area contributed by atoms with Gasteiger partial charge in [0.1, 0.15) is 13.0 Å². The Labute approximate surface area is 313 Å². The Kier molecular flexibility index (Phi) is 15.9. The molecule has 0 aliphatic rings. The number of carbonyl (C=O) groups excluding carboxylic acids is 1. The van der Waals surface area contributed by atoms with E-state index in [1.165, 1.54) is 11.1 Å². The number of alkyl carbamates (subject to hydrolysis) is 1. The van der Waals surface area contributed by atoms with Crippen molar-refractivity contribution in [3.05, 3.63) is 179 Å². The summed E-state index contributed by atoms with van der Waals surface area (Å²) >= 11 is 0. The summed E-state index contributed by atoms with van der Waals surface area (Å²) in [6, 6.07) is 47.2. The van der Waals surface area contributed by atoms with Gasteiger partial charge < -0.3 is 28.9 Å². The van der Waals surface area contributed by atoms with Crippen LogP contribution in [0, 0.1) is 0 Å². The van der Waals surface area contributed by atoms with Crippen molar-refractivity contribution in [1.29, 1.82) is 0 Å². The maximum absolute atomic E-state index is 14.2. The first kappa shape index (κ1) is 39.6. The lowest BCUT2D eigenvalue weighted by Gasteiger charge is -2.33. The third kappa shape index (κ3) is 14.1. The maximum Gasteiger partial charge on any atom is 0.408 e. The fraction of sp³-hybridized carbons (Fsp3) is 0.295. The Balaban J connectivity index is 1.24. The number of carbonyl (C=O) groups is 1. The average Bonchev–Trinajstić information content (AvgIpc) is 3.21. The van der Waals surface area contributed by atoms with Gasteiger partial charge in [-0.15, -0.1) is 0 Å². The quantitative estimate of drug-likeness (QED) is 0.0539. The predicted molar refractivity (Wildman–Crippen MR) is 208 cm³/mol. The Morgan fingerprint density at radius 3 is 1.55 bits per heavy atom. The average molecular weight is 736 g/mol. The number of benzene rings is 5. The number of hydrogen-bond donors (Lipinski definition) is 2.